The van der Waals surface area contributed by atoms with E-state index in [0.717, 1.165) is 26.9 Å². The van der Waals surface area contributed by atoms with Gasteiger partial charge in [-0.05, 0) is 36.8 Å². The molecule has 2 unspecified atom stereocenters. The molecule has 5 rings (SSSR count). The number of aromatic nitrogens is 2. The van der Waals surface area contributed by atoms with Crippen LogP contribution in [-0.2, 0) is 16.1 Å². The average molecular weight is 529 g/mol. The molecular weight excluding hydrogens is 503 g/mol. The fourth-order valence-electron chi connectivity index (χ4n) is 4.95. The molecule has 1 fully saturated rings. The fraction of sp³-hybridized carbons (Fsp3) is 0.346. The Bertz CT molecular complexity index is 1410. The van der Waals surface area contributed by atoms with E-state index in [2.05, 4.69) is 16.5 Å². The summed E-state index contributed by atoms with van der Waals surface area (Å²) in [6.45, 7) is 7.46. The summed E-state index contributed by atoms with van der Waals surface area (Å²) in [5, 5.41) is 1.26. The SMILES string of the molecule is C=CC(=O)N1CCN(c2nc(=O)n3c4c(c(-c5ccc(F)cc5)c(Cl)cc24)SCC(OC)C3)C(C)C1. The minimum absolute atomic E-state index is 0.0721. The highest BCUT2D eigenvalue weighted by Crippen LogP contribution is 2.45. The van der Waals surface area contributed by atoms with Gasteiger partial charge < -0.3 is 14.5 Å². The van der Waals surface area contributed by atoms with E-state index in [-0.39, 0.29) is 29.6 Å². The van der Waals surface area contributed by atoms with Crippen LogP contribution in [0.1, 0.15) is 6.92 Å². The van der Waals surface area contributed by atoms with Crippen molar-refractivity contribution in [3.63, 3.8) is 0 Å². The van der Waals surface area contributed by atoms with Gasteiger partial charge in [0.25, 0.3) is 0 Å². The molecule has 2 aromatic carbocycles. The van der Waals surface area contributed by atoms with Crippen LogP contribution in [0, 0.1) is 5.82 Å². The zero-order chi connectivity index (χ0) is 25.6. The first-order valence-corrected chi connectivity index (χ1v) is 13.0. The number of hydrogen-bond donors (Lipinski definition) is 0. The molecule has 188 valence electrons. The minimum atomic E-state index is -0.368. The van der Waals surface area contributed by atoms with Crippen molar-refractivity contribution in [2.75, 3.05) is 37.4 Å². The molecule has 2 atom stereocenters. The number of carbonyl (C=O) groups is 1. The van der Waals surface area contributed by atoms with Gasteiger partial charge in [0.15, 0.2) is 0 Å². The number of methoxy groups -OCH3 is 1. The van der Waals surface area contributed by atoms with Gasteiger partial charge in [0.05, 0.1) is 23.2 Å². The Morgan fingerprint density at radius 1 is 1.28 bits per heavy atom. The molecular formula is C26H26ClFN4O3S. The Kier molecular flexibility index (Phi) is 6.80. The number of carbonyl (C=O) groups excluding carboxylic acids is 1. The third-order valence-electron chi connectivity index (χ3n) is 6.80. The van der Waals surface area contributed by atoms with E-state index in [1.165, 1.54) is 18.2 Å². The van der Waals surface area contributed by atoms with Crippen molar-refractivity contribution in [2.24, 2.45) is 0 Å². The number of anilines is 1. The molecule has 3 aromatic rings. The normalized spacial score (nSPS) is 19.9. The van der Waals surface area contributed by atoms with Crippen LogP contribution in [0.2, 0.25) is 5.02 Å². The monoisotopic (exact) mass is 528 g/mol. The van der Waals surface area contributed by atoms with E-state index in [4.69, 9.17) is 16.3 Å². The van der Waals surface area contributed by atoms with Crippen molar-refractivity contribution in [1.29, 1.82) is 0 Å². The number of thioether (sulfide) groups is 1. The summed E-state index contributed by atoms with van der Waals surface area (Å²) in [5.74, 6) is 0.724. The Hall–Kier alpha value is -2.88. The summed E-state index contributed by atoms with van der Waals surface area (Å²) in [6, 6.07) is 7.97. The second-order valence-electron chi connectivity index (χ2n) is 8.99. The molecule has 36 heavy (non-hydrogen) atoms. The first kappa shape index (κ1) is 24.8. The van der Waals surface area contributed by atoms with Crippen LogP contribution in [0.3, 0.4) is 0 Å². The molecule has 1 aromatic heterocycles. The van der Waals surface area contributed by atoms with Crippen molar-refractivity contribution in [3.8, 4) is 11.1 Å². The lowest BCUT2D eigenvalue weighted by Gasteiger charge is -2.40. The average Bonchev–Trinajstić information content (AvgIpc) is 3.07. The predicted molar refractivity (Wildman–Crippen MR) is 142 cm³/mol. The van der Waals surface area contributed by atoms with Crippen LogP contribution in [0.15, 0.2) is 52.7 Å². The van der Waals surface area contributed by atoms with Crippen LogP contribution >= 0.6 is 23.4 Å². The van der Waals surface area contributed by atoms with E-state index in [1.807, 2.05) is 13.0 Å². The van der Waals surface area contributed by atoms with E-state index in [0.29, 0.717) is 42.8 Å². The molecule has 0 bridgehead atoms. The molecule has 3 heterocycles. The standard InChI is InChI=1S/C26H26ClFN4O3S/c1-4-21(33)30-9-10-31(15(2)12-30)25-19-11-20(27)22(16-5-7-17(28)8-6-16)24-23(19)32(26(34)29-25)13-18(35-3)14-36-24/h4-8,11,15,18H,1,9-10,12-14H2,2-3H3. The fourth-order valence-corrected chi connectivity index (χ4v) is 6.64. The van der Waals surface area contributed by atoms with Gasteiger partial charge in [-0.25, -0.2) is 9.18 Å². The molecule has 10 heteroatoms. The minimum Gasteiger partial charge on any atom is -0.379 e. The van der Waals surface area contributed by atoms with E-state index >= 15 is 0 Å². The quantitative estimate of drug-likeness (QED) is 0.473. The first-order valence-electron chi connectivity index (χ1n) is 11.7. The molecule has 2 aliphatic rings. The van der Waals surface area contributed by atoms with Crippen LogP contribution < -0.4 is 10.6 Å². The summed E-state index contributed by atoms with van der Waals surface area (Å²) in [6.07, 6.45) is 1.13. The van der Waals surface area contributed by atoms with Crippen molar-refractivity contribution < 1.29 is 13.9 Å². The smallest absolute Gasteiger partial charge is 0.350 e. The number of halogens is 2. The zero-order valence-corrected chi connectivity index (χ0v) is 21.6. The number of rotatable bonds is 4. The topological polar surface area (TPSA) is 67.7 Å². The van der Waals surface area contributed by atoms with Gasteiger partial charge >= 0.3 is 5.69 Å². The molecule has 7 nitrogen and oxygen atoms in total. The van der Waals surface area contributed by atoms with Gasteiger partial charge in [-0.1, -0.05) is 30.3 Å². The van der Waals surface area contributed by atoms with Gasteiger partial charge in [-0.3, -0.25) is 9.36 Å². The van der Waals surface area contributed by atoms with Gasteiger partial charge in [0.2, 0.25) is 5.91 Å². The summed E-state index contributed by atoms with van der Waals surface area (Å²) in [5.41, 5.74) is 1.90. The van der Waals surface area contributed by atoms with Gasteiger partial charge in [-0.2, -0.15) is 4.98 Å². The van der Waals surface area contributed by atoms with Gasteiger partial charge in [0.1, 0.15) is 11.6 Å². The molecule has 0 radical (unpaired) electrons. The number of nitrogens with zero attached hydrogens (tertiary/aromatic N) is 4. The molecule has 1 amide bonds. The second-order valence-corrected chi connectivity index (χ2v) is 10.4. The highest BCUT2D eigenvalue weighted by atomic mass is 35.5. The first-order chi connectivity index (χ1) is 17.3. The van der Waals surface area contributed by atoms with E-state index in [9.17, 15) is 14.0 Å². The lowest BCUT2D eigenvalue weighted by atomic mass is 10.0. The largest absolute Gasteiger partial charge is 0.379 e. The summed E-state index contributed by atoms with van der Waals surface area (Å²) < 4.78 is 21.0. The maximum atomic E-state index is 13.7. The van der Waals surface area contributed by atoms with E-state index in [1.54, 1.807) is 40.5 Å². The molecule has 0 spiro atoms. The molecule has 2 aliphatic heterocycles. The predicted octanol–water partition coefficient (Wildman–Crippen LogP) is 4.20. The number of hydrogen-bond acceptors (Lipinski definition) is 6. The summed E-state index contributed by atoms with van der Waals surface area (Å²) in [7, 11) is 1.63. The maximum absolute atomic E-state index is 13.7. The lowest BCUT2D eigenvalue weighted by Crippen LogP contribution is -2.54. The van der Waals surface area contributed by atoms with Gasteiger partial charge in [-0.15, -0.1) is 11.8 Å². The highest BCUT2D eigenvalue weighted by molar-refractivity contribution is 7.99. The van der Waals surface area contributed by atoms with Crippen molar-refractivity contribution in [2.45, 2.75) is 30.5 Å². The molecule has 1 saturated heterocycles. The second kappa shape index (κ2) is 9.88. The van der Waals surface area contributed by atoms with Crippen molar-refractivity contribution in [1.82, 2.24) is 14.5 Å². The van der Waals surface area contributed by atoms with Crippen molar-refractivity contribution in [3.05, 3.63) is 64.3 Å². The Morgan fingerprint density at radius 3 is 2.69 bits per heavy atom. The Balaban J connectivity index is 1.73. The van der Waals surface area contributed by atoms with Crippen LogP contribution in [-0.4, -0.2) is 65.0 Å². The number of benzene rings is 2. The van der Waals surface area contributed by atoms with Crippen molar-refractivity contribution >= 4 is 46.0 Å². The Morgan fingerprint density at radius 2 is 2.03 bits per heavy atom. The zero-order valence-electron chi connectivity index (χ0n) is 20.0. The molecule has 0 N–H and O–H groups in total. The summed E-state index contributed by atoms with van der Waals surface area (Å²) >= 11 is 8.47. The van der Waals surface area contributed by atoms with E-state index < -0.39 is 0 Å². The third-order valence-corrected chi connectivity index (χ3v) is 8.32. The third kappa shape index (κ3) is 4.29. The number of piperazine rings is 1. The number of ether oxygens (including phenoxy) is 1. The Labute approximate surface area is 217 Å². The van der Waals surface area contributed by atoms with Crippen LogP contribution in [0.25, 0.3) is 22.0 Å². The highest BCUT2D eigenvalue weighted by Gasteiger charge is 2.31. The van der Waals surface area contributed by atoms with Crippen LogP contribution in [0.4, 0.5) is 10.2 Å². The maximum Gasteiger partial charge on any atom is 0.350 e. The van der Waals surface area contributed by atoms with Gasteiger partial charge in [0, 0.05) is 54.4 Å². The molecule has 0 aliphatic carbocycles. The lowest BCUT2D eigenvalue weighted by molar-refractivity contribution is -0.126. The van der Waals surface area contributed by atoms with Crippen LogP contribution in [0.5, 0.6) is 0 Å². The number of amides is 1. The summed E-state index contributed by atoms with van der Waals surface area (Å²) in [4.78, 5) is 34.8. The molecule has 0 saturated carbocycles.